The van der Waals surface area contributed by atoms with Crippen molar-refractivity contribution in [3.05, 3.63) is 35.5 Å². The third-order valence-electron chi connectivity index (χ3n) is 3.61. The molecule has 5 heteroatoms. The van der Waals surface area contributed by atoms with Gasteiger partial charge >= 0.3 is 0 Å². The van der Waals surface area contributed by atoms with Crippen LogP contribution in [0.3, 0.4) is 0 Å². The van der Waals surface area contributed by atoms with Gasteiger partial charge in [-0.1, -0.05) is 0 Å². The van der Waals surface area contributed by atoms with Crippen molar-refractivity contribution in [3.8, 4) is 5.75 Å². The van der Waals surface area contributed by atoms with Gasteiger partial charge in [-0.3, -0.25) is 9.78 Å². The lowest BCUT2D eigenvalue weighted by Crippen LogP contribution is -2.33. The Labute approximate surface area is 130 Å². The van der Waals surface area contributed by atoms with E-state index >= 15 is 0 Å². The Morgan fingerprint density at radius 3 is 2.68 bits per heavy atom. The maximum Gasteiger partial charge on any atom is 0.254 e. The molecule has 1 aromatic heterocycles. The molecule has 0 bridgehead atoms. The number of methoxy groups -OCH3 is 2. The van der Waals surface area contributed by atoms with E-state index < -0.39 is 0 Å². The highest BCUT2D eigenvalue weighted by Gasteiger charge is 2.18. The van der Waals surface area contributed by atoms with Gasteiger partial charge in [0, 0.05) is 37.3 Å². The summed E-state index contributed by atoms with van der Waals surface area (Å²) in [5.74, 6) is 0.732. The Hall–Kier alpha value is -2.14. The number of carbonyl (C=O) groups is 1. The smallest absolute Gasteiger partial charge is 0.254 e. The van der Waals surface area contributed by atoms with Gasteiger partial charge in [0.1, 0.15) is 5.75 Å². The fraction of sp³-hybridized carbons (Fsp3) is 0.412. The van der Waals surface area contributed by atoms with E-state index in [2.05, 4.69) is 4.98 Å². The van der Waals surface area contributed by atoms with Crippen molar-refractivity contribution in [2.24, 2.45) is 0 Å². The fourth-order valence-electron chi connectivity index (χ4n) is 2.42. The predicted octanol–water partition coefficient (Wildman–Crippen LogP) is 2.66. The summed E-state index contributed by atoms with van der Waals surface area (Å²) in [6, 6.07) is 7.43. The number of aryl methyl sites for hydroxylation is 1. The molecule has 0 saturated heterocycles. The van der Waals surface area contributed by atoms with Crippen LogP contribution < -0.4 is 4.74 Å². The van der Waals surface area contributed by atoms with Gasteiger partial charge in [0.2, 0.25) is 0 Å². The maximum absolute atomic E-state index is 12.8. The fourth-order valence-corrected chi connectivity index (χ4v) is 2.42. The van der Waals surface area contributed by atoms with Gasteiger partial charge in [0.15, 0.2) is 0 Å². The van der Waals surface area contributed by atoms with E-state index in [9.17, 15) is 4.79 Å². The lowest BCUT2D eigenvalue weighted by Gasteiger charge is -2.21. The molecule has 0 N–H and O–H groups in total. The van der Waals surface area contributed by atoms with Crippen LogP contribution in [0.15, 0.2) is 24.3 Å². The number of nitrogens with zero attached hydrogens (tertiary/aromatic N) is 2. The van der Waals surface area contributed by atoms with Crippen LogP contribution in [0.25, 0.3) is 10.9 Å². The molecular formula is C17H22N2O3. The summed E-state index contributed by atoms with van der Waals surface area (Å²) in [5, 5.41) is 0.840. The van der Waals surface area contributed by atoms with Crippen molar-refractivity contribution in [1.82, 2.24) is 9.88 Å². The molecule has 0 unspecified atom stereocenters. The molecular weight excluding hydrogens is 280 g/mol. The first-order valence-corrected chi connectivity index (χ1v) is 7.34. The predicted molar refractivity (Wildman–Crippen MR) is 86.5 cm³/mol. The van der Waals surface area contributed by atoms with Crippen molar-refractivity contribution in [2.75, 3.05) is 33.9 Å². The zero-order valence-corrected chi connectivity index (χ0v) is 13.5. The molecule has 0 aliphatic rings. The van der Waals surface area contributed by atoms with Crippen molar-refractivity contribution >= 4 is 16.8 Å². The van der Waals surface area contributed by atoms with E-state index in [4.69, 9.17) is 9.47 Å². The highest BCUT2D eigenvalue weighted by molar-refractivity contribution is 6.06. The molecule has 2 aromatic rings. The molecule has 0 fully saturated rings. The Morgan fingerprint density at radius 2 is 2.05 bits per heavy atom. The van der Waals surface area contributed by atoms with E-state index in [0.29, 0.717) is 25.3 Å². The van der Waals surface area contributed by atoms with Gasteiger partial charge in [0.05, 0.1) is 24.8 Å². The van der Waals surface area contributed by atoms with Gasteiger partial charge in [-0.25, -0.2) is 0 Å². The number of rotatable bonds is 6. The van der Waals surface area contributed by atoms with Crippen LogP contribution >= 0.6 is 0 Å². The van der Waals surface area contributed by atoms with E-state index in [1.807, 2.05) is 38.1 Å². The highest BCUT2D eigenvalue weighted by Crippen LogP contribution is 2.24. The van der Waals surface area contributed by atoms with Crippen molar-refractivity contribution in [1.29, 1.82) is 0 Å². The second-order valence-corrected chi connectivity index (χ2v) is 5.07. The van der Waals surface area contributed by atoms with Crippen molar-refractivity contribution in [3.63, 3.8) is 0 Å². The zero-order valence-electron chi connectivity index (χ0n) is 13.5. The number of amides is 1. The number of carbonyl (C=O) groups excluding carboxylic acids is 1. The molecule has 0 aliphatic carbocycles. The van der Waals surface area contributed by atoms with Crippen LogP contribution in [0.4, 0.5) is 0 Å². The topological polar surface area (TPSA) is 51.7 Å². The van der Waals surface area contributed by atoms with E-state index in [1.165, 1.54) is 0 Å². The summed E-state index contributed by atoms with van der Waals surface area (Å²) >= 11 is 0. The first-order valence-electron chi connectivity index (χ1n) is 7.34. The second-order valence-electron chi connectivity index (χ2n) is 5.07. The number of likely N-dealkylation sites (N-methyl/N-ethyl adjacent to an activating group) is 1. The number of hydrogen-bond donors (Lipinski definition) is 0. The number of ether oxygens (including phenoxy) is 2. The third-order valence-corrected chi connectivity index (χ3v) is 3.61. The van der Waals surface area contributed by atoms with Crippen LogP contribution in [-0.2, 0) is 4.74 Å². The summed E-state index contributed by atoms with van der Waals surface area (Å²) < 4.78 is 10.3. The molecule has 1 heterocycles. The highest BCUT2D eigenvalue weighted by atomic mass is 16.5. The SMILES string of the molecule is CCN(CCOC)C(=O)c1cc(C)nc2cc(OC)ccc12. The van der Waals surface area contributed by atoms with Gasteiger partial charge in [0.25, 0.3) is 5.91 Å². The quantitative estimate of drug-likeness (QED) is 0.823. The summed E-state index contributed by atoms with van der Waals surface area (Å²) in [6.45, 7) is 5.59. The van der Waals surface area contributed by atoms with E-state index in [-0.39, 0.29) is 5.91 Å². The first-order chi connectivity index (χ1) is 10.6. The van der Waals surface area contributed by atoms with Crippen LogP contribution in [0.5, 0.6) is 5.75 Å². The standard InChI is InChI=1S/C17H22N2O3/c1-5-19(8-9-21-3)17(20)15-10-12(2)18-16-11-13(22-4)6-7-14(15)16/h6-7,10-11H,5,8-9H2,1-4H3. The van der Waals surface area contributed by atoms with Gasteiger partial charge in [-0.2, -0.15) is 0 Å². The van der Waals surface area contributed by atoms with Crippen molar-refractivity contribution < 1.29 is 14.3 Å². The second kappa shape index (κ2) is 7.22. The van der Waals surface area contributed by atoms with Crippen LogP contribution in [0, 0.1) is 6.92 Å². The van der Waals surface area contributed by atoms with Crippen LogP contribution in [0.2, 0.25) is 0 Å². The average molecular weight is 302 g/mol. The summed E-state index contributed by atoms with van der Waals surface area (Å²) in [6.07, 6.45) is 0. The van der Waals surface area contributed by atoms with Gasteiger partial charge < -0.3 is 14.4 Å². The Balaban J connectivity index is 2.47. The minimum absolute atomic E-state index is 0.000201. The lowest BCUT2D eigenvalue weighted by atomic mass is 10.1. The number of fused-ring (bicyclic) bond motifs is 1. The molecule has 1 aromatic carbocycles. The Bertz CT molecular complexity index is 670. The molecule has 0 radical (unpaired) electrons. The number of hydrogen-bond acceptors (Lipinski definition) is 4. The molecule has 0 spiro atoms. The average Bonchev–Trinajstić information content (AvgIpc) is 2.53. The molecule has 5 nitrogen and oxygen atoms in total. The lowest BCUT2D eigenvalue weighted by molar-refractivity contribution is 0.0708. The minimum atomic E-state index is 0.000201. The van der Waals surface area contributed by atoms with E-state index in [1.54, 1.807) is 19.1 Å². The van der Waals surface area contributed by atoms with Crippen molar-refractivity contribution in [2.45, 2.75) is 13.8 Å². The van der Waals surface area contributed by atoms with Gasteiger partial charge in [-0.05, 0) is 32.0 Å². The number of pyridine rings is 1. The molecule has 118 valence electrons. The van der Waals surface area contributed by atoms with Crippen LogP contribution in [0.1, 0.15) is 23.0 Å². The van der Waals surface area contributed by atoms with E-state index in [0.717, 1.165) is 22.3 Å². The molecule has 0 aliphatic heterocycles. The number of benzene rings is 1. The normalized spacial score (nSPS) is 10.7. The summed E-state index contributed by atoms with van der Waals surface area (Å²) in [5.41, 5.74) is 2.25. The summed E-state index contributed by atoms with van der Waals surface area (Å²) in [4.78, 5) is 19.1. The maximum atomic E-state index is 12.8. The summed E-state index contributed by atoms with van der Waals surface area (Å²) in [7, 11) is 3.25. The van der Waals surface area contributed by atoms with Crippen LogP contribution in [-0.4, -0.2) is 49.7 Å². The Kier molecular flexibility index (Phi) is 5.33. The first kappa shape index (κ1) is 16.2. The third kappa shape index (κ3) is 3.36. The molecule has 1 amide bonds. The molecule has 0 saturated carbocycles. The largest absolute Gasteiger partial charge is 0.497 e. The molecule has 2 rings (SSSR count). The minimum Gasteiger partial charge on any atom is -0.497 e. The Morgan fingerprint density at radius 1 is 1.27 bits per heavy atom. The monoisotopic (exact) mass is 302 g/mol. The van der Waals surface area contributed by atoms with Gasteiger partial charge in [-0.15, -0.1) is 0 Å². The number of aromatic nitrogens is 1. The zero-order chi connectivity index (χ0) is 16.1. The molecule has 0 atom stereocenters. The molecule has 22 heavy (non-hydrogen) atoms.